The number of amides is 1. The smallest absolute Gasteiger partial charge is 0.270 e. The summed E-state index contributed by atoms with van der Waals surface area (Å²) in [5.74, 6) is -0.256. The van der Waals surface area contributed by atoms with Crippen LogP contribution in [0.1, 0.15) is 36.2 Å². The molecule has 5 heteroatoms. The number of aromatic amines is 1. The van der Waals surface area contributed by atoms with Crippen LogP contribution in [-0.2, 0) is 0 Å². The average Bonchev–Trinajstić information content (AvgIpc) is 2.70. The third-order valence-corrected chi connectivity index (χ3v) is 2.60. The van der Waals surface area contributed by atoms with E-state index >= 15 is 0 Å². The minimum Gasteiger partial charge on any atom is -0.348 e. The maximum absolute atomic E-state index is 11.6. The van der Waals surface area contributed by atoms with Crippen molar-refractivity contribution in [1.82, 2.24) is 15.3 Å². The van der Waals surface area contributed by atoms with E-state index in [1.807, 2.05) is 0 Å². The van der Waals surface area contributed by atoms with Gasteiger partial charge in [0.1, 0.15) is 5.69 Å². The van der Waals surface area contributed by atoms with Crippen molar-refractivity contribution in [2.45, 2.75) is 31.7 Å². The summed E-state index contributed by atoms with van der Waals surface area (Å²) < 4.78 is 0. The normalized spacial score (nSPS) is 16.5. The Kier molecular flexibility index (Phi) is 2.80. The summed E-state index contributed by atoms with van der Waals surface area (Å²) in [4.78, 5) is 28.8. The molecule has 1 fully saturated rings. The molecule has 1 aromatic rings. The topological polar surface area (TPSA) is 74.8 Å². The quantitative estimate of drug-likeness (QED) is 0.739. The predicted molar refractivity (Wildman–Crippen MR) is 54.6 cm³/mol. The van der Waals surface area contributed by atoms with Crippen molar-refractivity contribution in [3.8, 4) is 0 Å². The van der Waals surface area contributed by atoms with Gasteiger partial charge in [0, 0.05) is 12.1 Å². The van der Waals surface area contributed by atoms with Crippen molar-refractivity contribution >= 4 is 5.91 Å². The summed E-state index contributed by atoms with van der Waals surface area (Å²) in [5, 5.41) is 2.87. The molecule has 1 aromatic heterocycles. The Balaban J connectivity index is 2.04. The number of hydrogen-bond donors (Lipinski definition) is 2. The van der Waals surface area contributed by atoms with Crippen LogP contribution in [0.2, 0.25) is 0 Å². The molecule has 2 N–H and O–H groups in total. The fraction of sp³-hybridized carbons (Fsp3) is 0.500. The molecule has 1 saturated carbocycles. The molecule has 2 rings (SSSR count). The molecule has 0 aromatic carbocycles. The Morgan fingerprint density at radius 3 is 2.87 bits per heavy atom. The number of nitrogens with zero attached hydrogens (tertiary/aromatic N) is 1. The van der Waals surface area contributed by atoms with Gasteiger partial charge in [-0.1, -0.05) is 12.8 Å². The third kappa shape index (κ3) is 2.43. The summed E-state index contributed by atoms with van der Waals surface area (Å²) >= 11 is 0. The highest BCUT2D eigenvalue weighted by Crippen LogP contribution is 2.17. The highest BCUT2D eigenvalue weighted by Gasteiger charge is 2.18. The van der Waals surface area contributed by atoms with Gasteiger partial charge in [-0.25, -0.2) is 4.98 Å². The standard InChI is InChI=1S/C10H13N3O2/c14-9-5-8(11-6-12-9)10(15)13-7-3-1-2-4-7/h5-7H,1-4H2,(H,13,15)(H,11,12,14). The van der Waals surface area contributed by atoms with Gasteiger partial charge in [0.05, 0.1) is 6.33 Å². The predicted octanol–water partition coefficient (Wildman–Crippen LogP) is 0.442. The van der Waals surface area contributed by atoms with Crippen LogP contribution in [0.15, 0.2) is 17.2 Å². The summed E-state index contributed by atoms with van der Waals surface area (Å²) in [6.45, 7) is 0. The van der Waals surface area contributed by atoms with Gasteiger partial charge in [-0.3, -0.25) is 9.59 Å². The van der Waals surface area contributed by atoms with E-state index in [1.54, 1.807) is 0 Å². The van der Waals surface area contributed by atoms with Gasteiger partial charge >= 0.3 is 0 Å². The maximum Gasteiger partial charge on any atom is 0.270 e. The minimum atomic E-state index is -0.304. The van der Waals surface area contributed by atoms with E-state index in [4.69, 9.17) is 0 Å². The fourth-order valence-electron chi connectivity index (χ4n) is 1.82. The van der Waals surface area contributed by atoms with Crippen LogP contribution in [0.3, 0.4) is 0 Å². The lowest BCUT2D eigenvalue weighted by Gasteiger charge is -2.10. The Morgan fingerprint density at radius 2 is 2.20 bits per heavy atom. The molecule has 0 atom stereocenters. The van der Waals surface area contributed by atoms with Gasteiger partial charge < -0.3 is 10.3 Å². The Labute approximate surface area is 86.9 Å². The maximum atomic E-state index is 11.6. The lowest BCUT2D eigenvalue weighted by atomic mass is 10.2. The molecule has 1 amide bonds. The second kappa shape index (κ2) is 4.25. The molecular weight excluding hydrogens is 194 g/mol. The van der Waals surface area contributed by atoms with Crippen molar-refractivity contribution in [3.63, 3.8) is 0 Å². The molecule has 0 aliphatic heterocycles. The summed E-state index contributed by atoms with van der Waals surface area (Å²) in [5.41, 5.74) is -0.118. The van der Waals surface area contributed by atoms with Crippen molar-refractivity contribution in [1.29, 1.82) is 0 Å². The van der Waals surface area contributed by atoms with Crippen LogP contribution in [0.25, 0.3) is 0 Å². The first-order valence-corrected chi connectivity index (χ1v) is 5.11. The van der Waals surface area contributed by atoms with E-state index in [2.05, 4.69) is 15.3 Å². The second-order valence-corrected chi connectivity index (χ2v) is 3.75. The molecule has 0 bridgehead atoms. The van der Waals surface area contributed by atoms with Gasteiger partial charge in [-0.05, 0) is 12.8 Å². The number of carbonyl (C=O) groups excluding carboxylic acids is 1. The SMILES string of the molecule is O=C(NC1CCCC1)c1cc(=O)[nH]cn1. The first kappa shape index (κ1) is 9.89. The van der Waals surface area contributed by atoms with Crippen LogP contribution >= 0.6 is 0 Å². The van der Waals surface area contributed by atoms with Gasteiger partial charge in [0.2, 0.25) is 0 Å². The largest absolute Gasteiger partial charge is 0.348 e. The number of rotatable bonds is 2. The molecule has 15 heavy (non-hydrogen) atoms. The molecular formula is C10H13N3O2. The van der Waals surface area contributed by atoms with Gasteiger partial charge in [0.15, 0.2) is 0 Å². The van der Waals surface area contributed by atoms with Crippen molar-refractivity contribution in [2.24, 2.45) is 0 Å². The molecule has 0 spiro atoms. The zero-order valence-corrected chi connectivity index (χ0v) is 8.32. The van der Waals surface area contributed by atoms with Crippen LogP contribution in [-0.4, -0.2) is 21.9 Å². The third-order valence-electron chi connectivity index (χ3n) is 2.60. The molecule has 1 aliphatic rings. The number of H-pyrrole nitrogens is 1. The van der Waals surface area contributed by atoms with Crippen molar-refractivity contribution < 1.29 is 4.79 Å². The second-order valence-electron chi connectivity index (χ2n) is 3.75. The highest BCUT2D eigenvalue weighted by atomic mass is 16.2. The highest BCUT2D eigenvalue weighted by molar-refractivity contribution is 5.92. The molecule has 0 radical (unpaired) electrons. The molecule has 1 aliphatic carbocycles. The van der Waals surface area contributed by atoms with Crippen molar-refractivity contribution in [3.05, 3.63) is 28.4 Å². The molecule has 5 nitrogen and oxygen atoms in total. The first-order valence-electron chi connectivity index (χ1n) is 5.11. The number of hydrogen-bond acceptors (Lipinski definition) is 3. The molecule has 1 heterocycles. The first-order chi connectivity index (χ1) is 7.25. The zero-order valence-electron chi connectivity index (χ0n) is 8.32. The number of aromatic nitrogens is 2. The zero-order chi connectivity index (χ0) is 10.7. The van der Waals surface area contributed by atoms with Gasteiger partial charge in [0.25, 0.3) is 11.5 Å². The van der Waals surface area contributed by atoms with Crippen LogP contribution in [0, 0.1) is 0 Å². The minimum absolute atomic E-state index is 0.186. The van der Waals surface area contributed by atoms with Gasteiger partial charge in [-0.2, -0.15) is 0 Å². The lowest BCUT2D eigenvalue weighted by molar-refractivity contribution is 0.0932. The Bertz CT molecular complexity index is 407. The lowest BCUT2D eigenvalue weighted by Crippen LogP contribution is -2.33. The Morgan fingerprint density at radius 1 is 1.47 bits per heavy atom. The van der Waals surface area contributed by atoms with E-state index in [0.29, 0.717) is 0 Å². The monoisotopic (exact) mass is 207 g/mol. The Hall–Kier alpha value is -1.65. The van der Waals surface area contributed by atoms with Crippen molar-refractivity contribution in [2.75, 3.05) is 0 Å². The van der Waals surface area contributed by atoms with E-state index in [-0.39, 0.29) is 23.2 Å². The van der Waals surface area contributed by atoms with Crippen LogP contribution in [0.5, 0.6) is 0 Å². The van der Waals surface area contributed by atoms with Crippen LogP contribution in [0.4, 0.5) is 0 Å². The van der Waals surface area contributed by atoms with Gasteiger partial charge in [-0.15, -0.1) is 0 Å². The van der Waals surface area contributed by atoms with E-state index < -0.39 is 0 Å². The molecule has 0 saturated heterocycles. The summed E-state index contributed by atoms with van der Waals surface area (Å²) in [6, 6.07) is 1.46. The molecule has 0 unspecified atom stereocenters. The average molecular weight is 207 g/mol. The van der Waals surface area contributed by atoms with E-state index in [1.165, 1.54) is 12.4 Å². The van der Waals surface area contributed by atoms with Crippen LogP contribution < -0.4 is 10.9 Å². The van der Waals surface area contributed by atoms with E-state index in [9.17, 15) is 9.59 Å². The summed E-state index contributed by atoms with van der Waals surface area (Å²) in [6.07, 6.45) is 5.61. The number of carbonyl (C=O) groups is 1. The van der Waals surface area contributed by atoms with E-state index in [0.717, 1.165) is 25.7 Å². The molecule has 80 valence electrons. The number of nitrogens with one attached hydrogen (secondary N) is 2. The summed E-state index contributed by atoms with van der Waals surface area (Å²) in [7, 11) is 0. The fourth-order valence-corrected chi connectivity index (χ4v) is 1.82.